The average molecular weight is 374 g/mol. The fraction of sp³-hybridized carbons (Fsp3) is 0.308. The number of benzene rings is 3. The zero-order valence-electron chi connectivity index (χ0n) is 17.6. The molecule has 0 aliphatic heterocycles. The van der Waals surface area contributed by atoms with Crippen molar-refractivity contribution < 1.29 is 4.39 Å². The normalized spacial score (nSPS) is 12.8. The van der Waals surface area contributed by atoms with Crippen molar-refractivity contribution in [3.63, 3.8) is 0 Å². The van der Waals surface area contributed by atoms with Crippen molar-refractivity contribution in [3.8, 4) is 5.69 Å². The van der Waals surface area contributed by atoms with E-state index in [-0.39, 0.29) is 16.6 Å². The van der Waals surface area contributed by atoms with E-state index in [0.717, 1.165) is 16.7 Å². The van der Waals surface area contributed by atoms with E-state index in [9.17, 15) is 4.39 Å². The van der Waals surface area contributed by atoms with Gasteiger partial charge in [0.2, 0.25) is 0 Å². The molecule has 0 bridgehead atoms. The number of hydrogen-bond donors (Lipinski definition) is 0. The van der Waals surface area contributed by atoms with Gasteiger partial charge >= 0.3 is 0 Å². The molecule has 0 amide bonds. The van der Waals surface area contributed by atoms with Gasteiger partial charge in [-0.05, 0) is 70.5 Å². The minimum absolute atomic E-state index is 0.0835. The first-order valence-corrected chi connectivity index (χ1v) is 9.91. The Hall–Kier alpha value is -2.61. The molecule has 1 heterocycles. The van der Waals surface area contributed by atoms with Crippen molar-refractivity contribution in [2.75, 3.05) is 0 Å². The first-order chi connectivity index (χ1) is 13.1. The second-order valence-electron chi connectivity index (χ2n) is 9.78. The molecule has 0 saturated carbocycles. The van der Waals surface area contributed by atoms with Gasteiger partial charge in [0, 0.05) is 16.5 Å². The van der Waals surface area contributed by atoms with Crippen molar-refractivity contribution in [1.29, 1.82) is 0 Å². The van der Waals surface area contributed by atoms with E-state index in [1.807, 2.05) is 12.1 Å². The number of fused-ring (bicyclic) bond motifs is 3. The Morgan fingerprint density at radius 2 is 1.04 bits per heavy atom. The molecule has 0 fully saturated rings. The number of halogens is 1. The summed E-state index contributed by atoms with van der Waals surface area (Å²) in [6.45, 7) is 13.5. The average Bonchev–Trinajstić information content (AvgIpc) is 2.94. The van der Waals surface area contributed by atoms with E-state index >= 15 is 0 Å². The third-order valence-electron chi connectivity index (χ3n) is 5.58. The summed E-state index contributed by atoms with van der Waals surface area (Å²) >= 11 is 0. The van der Waals surface area contributed by atoms with Crippen LogP contribution in [0.15, 0.2) is 60.7 Å². The molecule has 2 heteroatoms. The van der Waals surface area contributed by atoms with Gasteiger partial charge in [0.15, 0.2) is 0 Å². The Labute approximate surface area is 166 Å². The fourth-order valence-electron chi connectivity index (χ4n) is 3.82. The number of rotatable bonds is 1. The quantitative estimate of drug-likeness (QED) is 0.325. The molecular formula is C26H28FN. The summed E-state index contributed by atoms with van der Waals surface area (Å²) in [6.07, 6.45) is 0. The Bertz CT molecular complexity index is 1090. The first kappa shape index (κ1) is 18.7. The summed E-state index contributed by atoms with van der Waals surface area (Å²) in [4.78, 5) is 0. The molecule has 144 valence electrons. The number of hydrogen-bond acceptors (Lipinski definition) is 0. The Kier molecular flexibility index (Phi) is 4.15. The van der Waals surface area contributed by atoms with Crippen LogP contribution in [0, 0.1) is 5.82 Å². The predicted octanol–water partition coefficient (Wildman–Crippen LogP) is 7.52. The van der Waals surface area contributed by atoms with Crippen LogP contribution in [0.5, 0.6) is 0 Å². The maximum absolute atomic E-state index is 13.5. The van der Waals surface area contributed by atoms with E-state index in [0.29, 0.717) is 0 Å². The van der Waals surface area contributed by atoms with E-state index in [2.05, 4.69) is 82.5 Å². The van der Waals surface area contributed by atoms with E-state index in [1.165, 1.54) is 34.0 Å². The fourth-order valence-corrected chi connectivity index (χ4v) is 3.82. The topological polar surface area (TPSA) is 4.93 Å². The van der Waals surface area contributed by atoms with Gasteiger partial charge in [-0.15, -0.1) is 0 Å². The van der Waals surface area contributed by atoms with Crippen LogP contribution in [0.3, 0.4) is 0 Å². The van der Waals surface area contributed by atoms with Crippen LogP contribution in [0.1, 0.15) is 52.7 Å². The smallest absolute Gasteiger partial charge is 0.123 e. The van der Waals surface area contributed by atoms with Gasteiger partial charge in [0.25, 0.3) is 0 Å². The molecule has 0 aliphatic carbocycles. The highest BCUT2D eigenvalue weighted by Gasteiger charge is 2.20. The molecule has 0 atom stereocenters. The zero-order valence-corrected chi connectivity index (χ0v) is 17.6. The predicted molar refractivity (Wildman–Crippen MR) is 118 cm³/mol. The molecular weight excluding hydrogens is 345 g/mol. The summed E-state index contributed by atoms with van der Waals surface area (Å²) in [5.74, 6) is -0.213. The lowest BCUT2D eigenvalue weighted by molar-refractivity contribution is 0.590. The number of nitrogens with zero attached hydrogens (tertiary/aromatic N) is 1. The molecule has 0 spiro atoms. The van der Waals surface area contributed by atoms with Crippen molar-refractivity contribution in [2.24, 2.45) is 0 Å². The lowest BCUT2D eigenvalue weighted by Crippen LogP contribution is -2.10. The van der Waals surface area contributed by atoms with Crippen LogP contribution < -0.4 is 0 Å². The second kappa shape index (κ2) is 6.20. The molecule has 0 unspecified atom stereocenters. The van der Waals surface area contributed by atoms with Gasteiger partial charge in [0.1, 0.15) is 5.82 Å². The first-order valence-electron chi connectivity index (χ1n) is 9.91. The lowest BCUT2D eigenvalue weighted by atomic mass is 9.85. The van der Waals surface area contributed by atoms with Gasteiger partial charge in [0.05, 0.1) is 11.0 Å². The largest absolute Gasteiger partial charge is 0.309 e. The van der Waals surface area contributed by atoms with Gasteiger partial charge in [-0.1, -0.05) is 53.7 Å². The van der Waals surface area contributed by atoms with Gasteiger partial charge < -0.3 is 4.57 Å². The molecule has 28 heavy (non-hydrogen) atoms. The van der Waals surface area contributed by atoms with Crippen LogP contribution in [0.2, 0.25) is 0 Å². The molecule has 0 saturated heterocycles. The standard InChI is InChI=1S/C26H28FN/c1-25(2,3)17-7-13-23-21(15-17)22-16-18(26(4,5)6)8-14-24(22)28(23)20-11-9-19(27)10-12-20/h7-16H,1-6H3. The molecule has 1 nitrogen and oxygen atoms in total. The van der Waals surface area contributed by atoms with Crippen molar-refractivity contribution in [1.82, 2.24) is 4.57 Å². The van der Waals surface area contributed by atoms with Crippen LogP contribution in [0.25, 0.3) is 27.5 Å². The monoisotopic (exact) mass is 373 g/mol. The third-order valence-corrected chi connectivity index (χ3v) is 5.58. The molecule has 3 aromatic carbocycles. The maximum atomic E-state index is 13.5. The zero-order chi connectivity index (χ0) is 20.3. The summed E-state index contributed by atoms with van der Waals surface area (Å²) < 4.78 is 15.8. The molecule has 0 radical (unpaired) electrons. The maximum Gasteiger partial charge on any atom is 0.123 e. The second-order valence-corrected chi connectivity index (χ2v) is 9.78. The van der Waals surface area contributed by atoms with E-state index in [1.54, 1.807) is 0 Å². The highest BCUT2D eigenvalue weighted by Crippen LogP contribution is 2.37. The summed E-state index contributed by atoms with van der Waals surface area (Å²) in [5.41, 5.74) is 6.09. The highest BCUT2D eigenvalue weighted by atomic mass is 19.1. The van der Waals surface area contributed by atoms with Gasteiger partial charge in [-0.2, -0.15) is 0 Å². The lowest BCUT2D eigenvalue weighted by Gasteiger charge is -2.19. The minimum atomic E-state index is -0.213. The third kappa shape index (κ3) is 3.11. The molecule has 0 aliphatic rings. The molecule has 4 rings (SSSR count). The Morgan fingerprint density at radius 3 is 1.43 bits per heavy atom. The van der Waals surface area contributed by atoms with Gasteiger partial charge in [-0.3, -0.25) is 0 Å². The Morgan fingerprint density at radius 1 is 0.607 bits per heavy atom. The van der Waals surface area contributed by atoms with Crippen LogP contribution in [0.4, 0.5) is 4.39 Å². The van der Waals surface area contributed by atoms with Crippen LogP contribution in [-0.2, 0) is 10.8 Å². The molecule has 4 aromatic rings. The number of aromatic nitrogens is 1. The van der Waals surface area contributed by atoms with Crippen LogP contribution in [-0.4, -0.2) is 4.57 Å². The van der Waals surface area contributed by atoms with Crippen LogP contribution >= 0.6 is 0 Å². The van der Waals surface area contributed by atoms with E-state index in [4.69, 9.17) is 0 Å². The summed E-state index contributed by atoms with van der Waals surface area (Å²) in [5, 5.41) is 2.50. The van der Waals surface area contributed by atoms with Crippen molar-refractivity contribution in [3.05, 3.63) is 77.6 Å². The van der Waals surface area contributed by atoms with Gasteiger partial charge in [-0.25, -0.2) is 4.39 Å². The Balaban J connectivity index is 2.11. The van der Waals surface area contributed by atoms with Crippen molar-refractivity contribution in [2.45, 2.75) is 52.4 Å². The molecule has 0 N–H and O–H groups in total. The summed E-state index contributed by atoms with van der Waals surface area (Å²) in [7, 11) is 0. The highest BCUT2D eigenvalue weighted by molar-refractivity contribution is 6.09. The van der Waals surface area contributed by atoms with Crippen molar-refractivity contribution >= 4 is 21.8 Å². The minimum Gasteiger partial charge on any atom is -0.309 e. The SMILES string of the molecule is CC(C)(C)c1ccc2c(c1)c1cc(C(C)(C)C)ccc1n2-c1ccc(F)cc1. The summed E-state index contributed by atoms with van der Waals surface area (Å²) in [6, 6.07) is 20.2. The molecule has 1 aromatic heterocycles. The van der Waals surface area contributed by atoms with E-state index < -0.39 is 0 Å².